The Morgan fingerprint density at radius 2 is 2.12 bits per heavy atom. The highest BCUT2D eigenvalue weighted by Crippen LogP contribution is 2.28. The third kappa shape index (κ3) is 4.34. The van der Waals surface area contributed by atoms with E-state index in [4.69, 9.17) is 14.6 Å². The summed E-state index contributed by atoms with van der Waals surface area (Å²) in [5.74, 6) is 0.562. The second-order valence-corrected chi connectivity index (χ2v) is 3.73. The number of aryl methyl sites for hydroxylation is 1. The maximum atomic E-state index is 10.5. The molecule has 0 unspecified atom stereocenters. The van der Waals surface area contributed by atoms with Gasteiger partial charge in [0.25, 0.3) is 0 Å². The molecule has 1 aromatic carbocycles. The van der Waals surface area contributed by atoms with Crippen molar-refractivity contribution in [2.75, 3.05) is 13.7 Å². The Kier molecular flexibility index (Phi) is 5.33. The lowest BCUT2D eigenvalue weighted by Crippen LogP contribution is -2.00. The van der Waals surface area contributed by atoms with Gasteiger partial charge in [0, 0.05) is 6.42 Å². The molecule has 0 saturated carbocycles. The van der Waals surface area contributed by atoms with Crippen molar-refractivity contribution in [1.29, 1.82) is 0 Å². The number of hydrogen-bond acceptors (Lipinski definition) is 3. The van der Waals surface area contributed by atoms with Gasteiger partial charge in [-0.2, -0.15) is 0 Å². The Labute approximate surface area is 101 Å². The Balaban J connectivity index is 2.76. The van der Waals surface area contributed by atoms with E-state index < -0.39 is 5.97 Å². The lowest BCUT2D eigenvalue weighted by molar-refractivity contribution is -0.136. The molecule has 17 heavy (non-hydrogen) atoms. The van der Waals surface area contributed by atoms with Crippen molar-refractivity contribution in [2.45, 2.75) is 26.2 Å². The third-order valence-electron chi connectivity index (χ3n) is 2.32. The minimum atomic E-state index is -0.795. The first-order valence-corrected chi connectivity index (χ1v) is 5.69. The normalized spacial score (nSPS) is 10.0. The molecule has 4 nitrogen and oxygen atoms in total. The van der Waals surface area contributed by atoms with Crippen LogP contribution < -0.4 is 9.47 Å². The molecular formula is C13H18O4. The van der Waals surface area contributed by atoms with E-state index in [1.54, 1.807) is 7.11 Å². The summed E-state index contributed by atoms with van der Waals surface area (Å²) in [5, 5.41) is 8.63. The molecule has 0 fully saturated rings. The zero-order valence-electron chi connectivity index (χ0n) is 10.2. The van der Waals surface area contributed by atoms with Crippen LogP contribution in [-0.2, 0) is 11.2 Å². The monoisotopic (exact) mass is 238 g/mol. The van der Waals surface area contributed by atoms with E-state index in [-0.39, 0.29) is 6.42 Å². The van der Waals surface area contributed by atoms with Crippen molar-refractivity contribution in [3.05, 3.63) is 23.8 Å². The number of carbonyl (C=O) groups is 1. The average molecular weight is 238 g/mol. The predicted molar refractivity (Wildman–Crippen MR) is 64.7 cm³/mol. The summed E-state index contributed by atoms with van der Waals surface area (Å²) in [4.78, 5) is 10.5. The minimum Gasteiger partial charge on any atom is -0.493 e. The second kappa shape index (κ2) is 6.78. The molecule has 0 amide bonds. The fraction of sp³-hybridized carbons (Fsp3) is 0.462. The highest BCUT2D eigenvalue weighted by molar-refractivity contribution is 5.67. The lowest BCUT2D eigenvalue weighted by atomic mass is 10.1. The predicted octanol–water partition coefficient (Wildman–Crippen LogP) is 2.50. The number of carboxylic acids is 1. The van der Waals surface area contributed by atoms with Gasteiger partial charge in [0.15, 0.2) is 11.5 Å². The van der Waals surface area contributed by atoms with Gasteiger partial charge < -0.3 is 14.6 Å². The first-order valence-electron chi connectivity index (χ1n) is 5.69. The first kappa shape index (κ1) is 13.4. The zero-order valence-corrected chi connectivity index (χ0v) is 10.2. The van der Waals surface area contributed by atoms with E-state index in [1.165, 1.54) is 0 Å². The van der Waals surface area contributed by atoms with E-state index in [9.17, 15) is 4.79 Å². The molecule has 0 atom stereocenters. The van der Waals surface area contributed by atoms with Crippen molar-refractivity contribution in [3.8, 4) is 11.5 Å². The molecule has 1 rings (SSSR count). The zero-order chi connectivity index (χ0) is 12.7. The standard InChI is InChI=1S/C13H18O4/c1-3-8-17-12-9-10(5-7-13(14)15)4-6-11(12)16-2/h4,6,9H,3,5,7-8H2,1-2H3,(H,14,15). The minimum absolute atomic E-state index is 0.125. The van der Waals surface area contributed by atoms with Crippen LogP contribution in [0.3, 0.4) is 0 Å². The highest BCUT2D eigenvalue weighted by atomic mass is 16.5. The van der Waals surface area contributed by atoms with Crippen LogP contribution in [0.2, 0.25) is 0 Å². The van der Waals surface area contributed by atoms with Gasteiger partial charge >= 0.3 is 5.97 Å². The number of aliphatic carboxylic acids is 1. The smallest absolute Gasteiger partial charge is 0.303 e. The summed E-state index contributed by atoms with van der Waals surface area (Å²) in [7, 11) is 1.59. The molecule has 1 aromatic rings. The molecule has 0 aliphatic rings. The van der Waals surface area contributed by atoms with Crippen LogP contribution in [0.25, 0.3) is 0 Å². The number of hydrogen-bond donors (Lipinski definition) is 1. The number of methoxy groups -OCH3 is 1. The molecular weight excluding hydrogens is 220 g/mol. The summed E-state index contributed by atoms with van der Waals surface area (Å²) >= 11 is 0. The van der Waals surface area contributed by atoms with Crippen LogP contribution in [0.4, 0.5) is 0 Å². The Hall–Kier alpha value is -1.71. The first-order chi connectivity index (χ1) is 8.17. The van der Waals surface area contributed by atoms with Crippen LogP contribution >= 0.6 is 0 Å². The molecule has 94 valence electrons. The molecule has 0 aliphatic carbocycles. The number of rotatable bonds is 7. The Morgan fingerprint density at radius 3 is 2.71 bits per heavy atom. The number of benzene rings is 1. The molecule has 0 aliphatic heterocycles. The van der Waals surface area contributed by atoms with E-state index >= 15 is 0 Å². The number of ether oxygens (including phenoxy) is 2. The van der Waals surface area contributed by atoms with Gasteiger partial charge in [-0.25, -0.2) is 0 Å². The average Bonchev–Trinajstić information content (AvgIpc) is 2.33. The molecule has 0 heterocycles. The fourth-order valence-electron chi connectivity index (χ4n) is 1.45. The highest BCUT2D eigenvalue weighted by Gasteiger charge is 2.06. The molecule has 0 bridgehead atoms. The van der Waals surface area contributed by atoms with Gasteiger partial charge in [0.1, 0.15) is 0 Å². The molecule has 0 radical (unpaired) electrons. The Morgan fingerprint density at radius 1 is 1.35 bits per heavy atom. The fourth-order valence-corrected chi connectivity index (χ4v) is 1.45. The number of carboxylic acid groups (broad SMARTS) is 1. The molecule has 0 aromatic heterocycles. The molecule has 4 heteroatoms. The van der Waals surface area contributed by atoms with Crippen molar-refractivity contribution in [2.24, 2.45) is 0 Å². The van der Waals surface area contributed by atoms with Crippen molar-refractivity contribution in [1.82, 2.24) is 0 Å². The molecule has 1 N–H and O–H groups in total. The van der Waals surface area contributed by atoms with E-state index in [0.717, 1.165) is 12.0 Å². The third-order valence-corrected chi connectivity index (χ3v) is 2.32. The summed E-state index contributed by atoms with van der Waals surface area (Å²) in [5.41, 5.74) is 0.944. The van der Waals surface area contributed by atoms with Crippen molar-refractivity contribution in [3.63, 3.8) is 0 Å². The van der Waals surface area contributed by atoms with Gasteiger partial charge in [-0.05, 0) is 30.5 Å². The largest absolute Gasteiger partial charge is 0.493 e. The Bertz CT molecular complexity index is 374. The maximum Gasteiger partial charge on any atom is 0.303 e. The van der Waals surface area contributed by atoms with E-state index in [1.807, 2.05) is 25.1 Å². The molecule has 0 spiro atoms. The molecule has 0 saturated heterocycles. The van der Waals surface area contributed by atoms with Gasteiger partial charge in [-0.3, -0.25) is 4.79 Å². The second-order valence-electron chi connectivity index (χ2n) is 3.73. The van der Waals surface area contributed by atoms with Crippen LogP contribution in [0.15, 0.2) is 18.2 Å². The summed E-state index contributed by atoms with van der Waals surface area (Å²) in [6.45, 7) is 2.65. The summed E-state index contributed by atoms with van der Waals surface area (Å²) in [6.07, 6.45) is 1.55. The van der Waals surface area contributed by atoms with Gasteiger partial charge in [-0.1, -0.05) is 13.0 Å². The summed E-state index contributed by atoms with van der Waals surface area (Å²) < 4.78 is 10.7. The van der Waals surface area contributed by atoms with Crippen molar-refractivity contribution >= 4 is 5.97 Å². The van der Waals surface area contributed by atoms with E-state index in [0.29, 0.717) is 24.5 Å². The van der Waals surface area contributed by atoms with E-state index in [2.05, 4.69) is 0 Å². The quantitative estimate of drug-likeness (QED) is 0.793. The lowest BCUT2D eigenvalue weighted by Gasteiger charge is -2.11. The van der Waals surface area contributed by atoms with Crippen molar-refractivity contribution < 1.29 is 19.4 Å². The van der Waals surface area contributed by atoms with Crippen LogP contribution in [0.1, 0.15) is 25.3 Å². The maximum absolute atomic E-state index is 10.5. The van der Waals surface area contributed by atoms with Gasteiger partial charge in [0.05, 0.1) is 13.7 Å². The topological polar surface area (TPSA) is 55.8 Å². The summed E-state index contributed by atoms with van der Waals surface area (Å²) in [6, 6.07) is 5.51. The van der Waals surface area contributed by atoms with Crippen LogP contribution in [0.5, 0.6) is 11.5 Å². The SMILES string of the molecule is CCCOc1cc(CCC(=O)O)ccc1OC. The van der Waals surface area contributed by atoms with Gasteiger partial charge in [-0.15, -0.1) is 0 Å². The van der Waals surface area contributed by atoms with Crippen LogP contribution in [-0.4, -0.2) is 24.8 Å². The van der Waals surface area contributed by atoms with Gasteiger partial charge in [0.2, 0.25) is 0 Å². The van der Waals surface area contributed by atoms with Crippen LogP contribution in [0, 0.1) is 0 Å².